The summed E-state index contributed by atoms with van der Waals surface area (Å²) in [5, 5.41) is 17.8. The lowest BCUT2D eigenvalue weighted by Crippen LogP contribution is -2.51. The molecule has 0 radical (unpaired) electrons. The molecule has 2 heterocycles. The average molecular weight is 256 g/mol. The fourth-order valence-electron chi connectivity index (χ4n) is 3.34. The van der Waals surface area contributed by atoms with E-state index >= 15 is 0 Å². The summed E-state index contributed by atoms with van der Waals surface area (Å²) in [6.07, 6.45) is 4.05. The third-order valence-electron chi connectivity index (χ3n) is 4.27. The highest BCUT2D eigenvalue weighted by Gasteiger charge is 2.40. The van der Waals surface area contributed by atoms with Crippen molar-refractivity contribution in [2.24, 2.45) is 0 Å². The van der Waals surface area contributed by atoms with Crippen LogP contribution in [0, 0.1) is 0 Å². The smallest absolute Gasteiger partial charge is 0.317 e. The van der Waals surface area contributed by atoms with Crippen molar-refractivity contribution in [1.82, 2.24) is 9.80 Å². The summed E-state index contributed by atoms with van der Waals surface area (Å²) in [5.74, 6) is -1.91. The minimum Gasteiger partial charge on any atom is -0.480 e. The molecule has 2 aliphatic heterocycles. The molecule has 2 saturated heterocycles. The van der Waals surface area contributed by atoms with Gasteiger partial charge in [-0.1, -0.05) is 0 Å². The molecule has 2 aliphatic rings. The number of fused-ring (bicyclic) bond motifs is 2. The first-order chi connectivity index (χ1) is 8.47. The minimum absolute atomic E-state index is 0.0888. The highest BCUT2D eigenvalue weighted by atomic mass is 16.4. The zero-order valence-corrected chi connectivity index (χ0v) is 10.6. The van der Waals surface area contributed by atoms with Gasteiger partial charge in [0.1, 0.15) is 0 Å². The Labute approximate surface area is 106 Å². The fourth-order valence-corrected chi connectivity index (χ4v) is 3.34. The van der Waals surface area contributed by atoms with Gasteiger partial charge in [-0.3, -0.25) is 14.5 Å². The third-order valence-corrected chi connectivity index (χ3v) is 4.27. The molecule has 2 atom stereocenters. The van der Waals surface area contributed by atoms with Gasteiger partial charge in [0.05, 0.1) is 13.1 Å². The standard InChI is InChI=1S/C12H20N2O4/c1-13-8-2-3-9(13)5-10(4-8)14(6-11(15)16)7-12(17)18/h8-10H,2-7H2,1H3,(H,15,16)(H,17,18). The van der Waals surface area contributed by atoms with Gasteiger partial charge in [0.2, 0.25) is 0 Å². The molecule has 102 valence electrons. The van der Waals surface area contributed by atoms with Gasteiger partial charge in [-0.15, -0.1) is 0 Å². The molecule has 0 spiro atoms. The summed E-state index contributed by atoms with van der Waals surface area (Å²) in [7, 11) is 2.11. The maximum Gasteiger partial charge on any atom is 0.317 e. The van der Waals surface area contributed by atoms with E-state index in [-0.39, 0.29) is 19.1 Å². The second kappa shape index (κ2) is 5.24. The van der Waals surface area contributed by atoms with E-state index in [9.17, 15) is 9.59 Å². The summed E-state index contributed by atoms with van der Waals surface area (Å²) in [6, 6.07) is 1.06. The van der Waals surface area contributed by atoms with Gasteiger partial charge in [-0.25, -0.2) is 0 Å². The van der Waals surface area contributed by atoms with E-state index in [4.69, 9.17) is 10.2 Å². The van der Waals surface area contributed by atoms with Crippen LogP contribution >= 0.6 is 0 Å². The third kappa shape index (κ3) is 2.81. The number of rotatable bonds is 5. The predicted octanol–water partition coefficient (Wildman–Crippen LogP) is 0.0828. The van der Waals surface area contributed by atoms with Crippen LogP contribution in [-0.2, 0) is 9.59 Å². The molecule has 2 rings (SSSR count). The molecule has 2 unspecified atom stereocenters. The highest BCUT2D eigenvalue weighted by Crippen LogP contribution is 2.36. The number of carbonyl (C=O) groups is 2. The number of aliphatic carboxylic acids is 2. The fraction of sp³-hybridized carbons (Fsp3) is 0.833. The van der Waals surface area contributed by atoms with Crippen LogP contribution in [0.15, 0.2) is 0 Å². The zero-order valence-electron chi connectivity index (χ0n) is 10.6. The van der Waals surface area contributed by atoms with Crippen molar-refractivity contribution in [2.45, 2.75) is 43.8 Å². The Bertz CT molecular complexity index is 317. The van der Waals surface area contributed by atoms with Crippen LogP contribution in [0.1, 0.15) is 25.7 Å². The summed E-state index contributed by atoms with van der Waals surface area (Å²) in [6.45, 7) is -0.361. The number of hydrogen-bond acceptors (Lipinski definition) is 4. The SMILES string of the molecule is CN1C2CCC1CC(N(CC(=O)O)CC(=O)O)C2. The average Bonchev–Trinajstić information content (AvgIpc) is 2.51. The number of hydrogen-bond donors (Lipinski definition) is 2. The van der Waals surface area contributed by atoms with E-state index in [0.29, 0.717) is 12.1 Å². The van der Waals surface area contributed by atoms with Gasteiger partial charge in [-0.05, 0) is 32.7 Å². The Balaban J connectivity index is 2.02. The van der Waals surface area contributed by atoms with Gasteiger partial charge in [-0.2, -0.15) is 0 Å². The summed E-state index contributed by atoms with van der Waals surface area (Å²) >= 11 is 0. The summed E-state index contributed by atoms with van der Waals surface area (Å²) in [4.78, 5) is 25.6. The van der Waals surface area contributed by atoms with Crippen molar-refractivity contribution >= 4 is 11.9 Å². The summed E-state index contributed by atoms with van der Waals surface area (Å²) in [5.41, 5.74) is 0. The quantitative estimate of drug-likeness (QED) is 0.725. The first kappa shape index (κ1) is 13.3. The molecular weight excluding hydrogens is 236 g/mol. The second-order valence-corrected chi connectivity index (χ2v) is 5.37. The maximum absolute atomic E-state index is 10.8. The Kier molecular flexibility index (Phi) is 3.87. The first-order valence-electron chi connectivity index (χ1n) is 6.37. The Morgan fingerprint density at radius 2 is 1.56 bits per heavy atom. The molecule has 6 nitrogen and oxygen atoms in total. The largest absolute Gasteiger partial charge is 0.480 e. The number of nitrogens with zero attached hydrogens (tertiary/aromatic N) is 2. The van der Waals surface area contributed by atoms with E-state index in [0.717, 1.165) is 25.7 Å². The molecule has 0 aliphatic carbocycles. The van der Waals surface area contributed by atoms with E-state index in [1.54, 1.807) is 4.90 Å². The number of carboxylic acid groups (broad SMARTS) is 2. The molecule has 2 bridgehead atoms. The lowest BCUT2D eigenvalue weighted by atomic mass is 9.96. The monoisotopic (exact) mass is 256 g/mol. The molecule has 0 aromatic heterocycles. The first-order valence-corrected chi connectivity index (χ1v) is 6.37. The van der Waals surface area contributed by atoms with Crippen molar-refractivity contribution in [3.8, 4) is 0 Å². The van der Waals surface area contributed by atoms with Gasteiger partial charge in [0.25, 0.3) is 0 Å². The molecule has 6 heteroatoms. The molecular formula is C12H20N2O4. The van der Waals surface area contributed by atoms with Gasteiger partial charge >= 0.3 is 11.9 Å². The number of carboxylic acids is 2. The molecule has 0 aromatic carbocycles. The van der Waals surface area contributed by atoms with Crippen molar-refractivity contribution in [3.63, 3.8) is 0 Å². The molecule has 0 saturated carbocycles. The molecule has 0 amide bonds. The van der Waals surface area contributed by atoms with Crippen LogP contribution in [0.4, 0.5) is 0 Å². The minimum atomic E-state index is -0.956. The van der Waals surface area contributed by atoms with Gasteiger partial charge < -0.3 is 15.1 Å². The van der Waals surface area contributed by atoms with Crippen LogP contribution in [0.5, 0.6) is 0 Å². The topological polar surface area (TPSA) is 81.1 Å². The van der Waals surface area contributed by atoms with Gasteiger partial charge in [0, 0.05) is 18.1 Å². The van der Waals surface area contributed by atoms with Crippen LogP contribution < -0.4 is 0 Å². The van der Waals surface area contributed by atoms with Gasteiger partial charge in [0.15, 0.2) is 0 Å². The summed E-state index contributed by atoms with van der Waals surface area (Å²) < 4.78 is 0. The second-order valence-electron chi connectivity index (χ2n) is 5.37. The van der Waals surface area contributed by atoms with E-state index < -0.39 is 11.9 Å². The predicted molar refractivity (Wildman–Crippen MR) is 64.4 cm³/mol. The molecule has 2 N–H and O–H groups in total. The van der Waals surface area contributed by atoms with Crippen LogP contribution in [0.25, 0.3) is 0 Å². The Hall–Kier alpha value is -1.14. The normalized spacial score (nSPS) is 31.8. The molecule has 18 heavy (non-hydrogen) atoms. The van der Waals surface area contributed by atoms with E-state index in [1.165, 1.54) is 0 Å². The van der Waals surface area contributed by atoms with Crippen LogP contribution in [0.2, 0.25) is 0 Å². The van der Waals surface area contributed by atoms with Crippen molar-refractivity contribution in [2.75, 3.05) is 20.1 Å². The lowest BCUT2D eigenvalue weighted by molar-refractivity contribution is -0.143. The molecule has 0 aromatic rings. The lowest BCUT2D eigenvalue weighted by Gasteiger charge is -2.40. The van der Waals surface area contributed by atoms with E-state index in [2.05, 4.69) is 11.9 Å². The van der Waals surface area contributed by atoms with Crippen molar-refractivity contribution in [3.05, 3.63) is 0 Å². The number of piperidine rings is 1. The Morgan fingerprint density at radius 1 is 1.11 bits per heavy atom. The zero-order chi connectivity index (χ0) is 13.3. The van der Waals surface area contributed by atoms with Crippen molar-refractivity contribution < 1.29 is 19.8 Å². The van der Waals surface area contributed by atoms with Crippen LogP contribution in [0.3, 0.4) is 0 Å². The highest BCUT2D eigenvalue weighted by molar-refractivity contribution is 5.72. The molecule has 2 fully saturated rings. The maximum atomic E-state index is 10.8. The Morgan fingerprint density at radius 3 is 1.94 bits per heavy atom. The van der Waals surface area contributed by atoms with Crippen molar-refractivity contribution in [1.29, 1.82) is 0 Å². The van der Waals surface area contributed by atoms with Crippen LogP contribution in [-0.4, -0.2) is 70.2 Å². The van der Waals surface area contributed by atoms with E-state index in [1.807, 2.05) is 0 Å².